The number of carbonyl (C=O) groups is 1. The fraction of sp³-hybridized carbons (Fsp3) is 0.208. The summed E-state index contributed by atoms with van der Waals surface area (Å²) >= 11 is 1.44. The zero-order valence-corrected chi connectivity index (χ0v) is 18.5. The number of para-hydroxylation sites is 1. The molecule has 0 aliphatic carbocycles. The average molecular weight is 466 g/mol. The van der Waals surface area contributed by atoms with Crippen molar-refractivity contribution in [1.82, 2.24) is 20.2 Å². The van der Waals surface area contributed by atoms with Gasteiger partial charge in [-0.1, -0.05) is 23.5 Å². The van der Waals surface area contributed by atoms with E-state index in [1.807, 2.05) is 18.3 Å². The van der Waals surface area contributed by atoms with Crippen LogP contribution < -0.4 is 10.6 Å². The number of benzene rings is 2. The van der Waals surface area contributed by atoms with Crippen molar-refractivity contribution in [2.75, 3.05) is 31.5 Å². The molecule has 6 nitrogen and oxygen atoms in total. The second kappa shape index (κ2) is 9.30. The van der Waals surface area contributed by atoms with E-state index in [9.17, 15) is 13.6 Å². The predicted molar refractivity (Wildman–Crippen MR) is 125 cm³/mol. The van der Waals surface area contributed by atoms with E-state index in [2.05, 4.69) is 26.6 Å². The van der Waals surface area contributed by atoms with Crippen LogP contribution in [0.25, 0.3) is 20.9 Å². The molecule has 1 aliphatic rings. The Morgan fingerprint density at radius 1 is 1.09 bits per heavy atom. The molecule has 5 rings (SSSR count). The maximum absolute atomic E-state index is 13.5. The van der Waals surface area contributed by atoms with Crippen molar-refractivity contribution in [2.24, 2.45) is 0 Å². The Labute approximate surface area is 193 Å². The fourth-order valence-electron chi connectivity index (χ4n) is 3.80. The first-order valence-electron chi connectivity index (χ1n) is 10.6. The number of nitrogens with zero attached hydrogens (tertiary/aromatic N) is 3. The molecule has 1 aliphatic heterocycles. The molecule has 0 atom stereocenters. The third kappa shape index (κ3) is 4.75. The van der Waals surface area contributed by atoms with Gasteiger partial charge in [0.25, 0.3) is 5.91 Å². The van der Waals surface area contributed by atoms with Crippen molar-refractivity contribution in [3.63, 3.8) is 0 Å². The summed E-state index contributed by atoms with van der Waals surface area (Å²) in [5, 5.41) is 6.86. The minimum Gasteiger partial charge on any atom is -0.321 e. The number of hydrogen-bond acceptors (Lipinski definition) is 6. The van der Waals surface area contributed by atoms with Crippen LogP contribution in [0.2, 0.25) is 0 Å². The van der Waals surface area contributed by atoms with Gasteiger partial charge in [-0.25, -0.2) is 18.7 Å². The predicted octanol–water partition coefficient (Wildman–Crippen LogP) is 4.29. The molecule has 2 aromatic heterocycles. The highest BCUT2D eigenvalue weighted by molar-refractivity contribution is 7.21. The van der Waals surface area contributed by atoms with Crippen molar-refractivity contribution >= 4 is 33.3 Å². The van der Waals surface area contributed by atoms with E-state index < -0.39 is 17.5 Å². The van der Waals surface area contributed by atoms with Crippen LogP contribution >= 0.6 is 11.3 Å². The van der Waals surface area contributed by atoms with Crippen LogP contribution in [0.1, 0.15) is 15.9 Å². The summed E-state index contributed by atoms with van der Waals surface area (Å²) < 4.78 is 26.8. The summed E-state index contributed by atoms with van der Waals surface area (Å²) in [6.45, 7) is 4.82. The third-order valence-electron chi connectivity index (χ3n) is 5.51. The highest BCUT2D eigenvalue weighted by Crippen LogP contribution is 2.34. The van der Waals surface area contributed by atoms with Crippen LogP contribution in [-0.4, -0.2) is 47.0 Å². The number of piperazine rings is 1. The molecule has 0 saturated carbocycles. The summed E-state index contributed by atoms with van der Waals surface area (Å²) in [5.74, 6) is -2.59. The van der Waals surface area contributed by atoms with E-state index in [0.717, 1.165) is 71.3 Å². The molecule has 0 bridgehead atoms. The molecule has 0 radical (unpaired) electrons. The monoisotopic (exact) mass is 465 g/mol. The SMILES string of the molecule is O=C(Nc1ccccc1-c1nc2cc(CN3CCNCC3)cnc2s1)c1ccc(F)c(F)c1. The number of thiazole rings is 1. The van der Waals surface area contributed by atoms with Gasteiger partial charge in [0.2, 0.25) is 0 Å². The van der Waals surface area contributed by atoms with E-state index >= 15 is 0 Å². The lowest BCUT2D eigenvalue weighted by Crippen LogP contribution is -2.42. The second-order valence-corrected chi connectivity index (χ2v) is 8.82. The largest absolute Gasteiger partial charge is 0.321 e. The third-order valence-corrected chi connectivity index (χ3v) is 6.52. The number of carbonyl (C=O) groups excluding carboxylic acids is 1. The van der Waals surface area contributed by atoms with Gasteiger partial charge in [0.1, 0.15) is 15.4 Å². The van der Waals surface area contributed by atoms with Crippen molar-refractivity contribution in [2.45, 2.75) is 6.54 Å². The lowest BCUT2D eigenvalue weighted by molar-refractivity contribution is 0.102. The van der Waals surface area contributed by atoms with Gasteiger partial charge in [0.15, 0.2) is 11.6 Å². The van der Waals surface area contributed by atoms with Gasteiger partial charge in [-0.2, -0.15) is 0 Å². The van der Waals surface area contributed by atoms with Crippen molar-refractivity contribution in [3.05, 3.63) is 77.5 Å². The van der Waals surface area contributed by atoms with Crippen molar-refractivity contribution in [3.8, 4) is 10.6 Å². The molecule has 2 aromatic carbocycles. The highest BCUT2D eigenvalue weighted by Gasteiger charge is 2.16. The van der Waals surface area contributed by atoms with Crippen molar-refractivity contribution in [1.29, 1.82) is 0 Å². The molecule has 0 spiro atoms. The van der Waals surface area contributed by atoms with Gasteiger partial charge in [0.05, 0.1) is 5.69 Å². The highest BCUT2D eigenvalue weighted by atomic mass is 32.1. The quantitative estimate of drug-likeness (QED) is 0.460. The number of rotatable bonds is 5. The van der Waals surface area contributed by atoms with Gasteiger partial charge in [-0.15, -0.1) is 0 Å². The van der Waals surface area contributed by atoms with E-state index in [1.165, 1.54) is 17.4 Å². The lowest BCUT2D eigenvalue weighted by Gasteiger charge is -2.26. The lowest BCUT2D eigenvalue weighted by atomic mass is 10.1. The van der Waals surface area contributed by atoms with Crippen LogP contribution in [-0.2, 0) is 6.54 Å². The van der Waals surface area contributed by atoms with Gasteiger partial charge >= 0.3 is 0 Å². The minimum absolute atomic E-state index is 0.0345. The fourth-order valence-corrected chi connectivity index (χ4v) is 4.73. The molecule has 168 valence electrons. The summed E-state index contributed by atoms with van der Waals surface area (Å²) in [6.07, 6.45) is 1.89. The number of amides is 1. The Kier molecular flexibility index (Phi) is 6.08. The molecule has 9 heteroatoms. The topological polar surface area (TPSA) is 70.2 Å². The number of aromatic nitrogens is 2. The number of halogens is 2. The first-order valence-corrected chi connectivity index (χ1v) is 11.4. The van der Waals surface area contributed by atoms with Gasteiger partial charge in [-0.3, -0.25) is 9.69 Å². The van der Waals surface area contributed by atoms with Crippen LogP contribution in [0, 0.1) is 11.6 Å². The standard InChI is InChI=1S/C24H21F2N5OS/c25-18-6-5-16(12-19(18)26)22(32)29-20-4-2-1-3-17(20)23-30-21-11-15(13-28-24(21)33-23)14-31-9-7-27-8-10-31/h1-6,11-13,27H,7-10,14H2,(H,29,32). The van der Waals surface area contributed by atoms with Gasteiger partial charge in [0, 0.05) is 50.0 Å². The molecule has 4 aromatic rings. The summed E-state index contributed by atoms with van der Waals surface area (Å²) in [7, 11) is 0. The summed E-state index contributed by atoms with van der Waals surface area (Å²) in [6, 6.07) is 12.4. The molecule has 0 unspecified atom stereocenters. The van der Waals surface area contributed by atoms with E-state index in [0.29, 0.717) is 5.69 Å². The van der Waals surface area contributed by atoms with Crippen LogP contribution in [0.5, 0.6) is 0 Å². The van der Waals surface area contributed by atoms with Crippen LogP contribution in [0.15, 0.2) is 54.7 Å². The number of nitrogens with one attached hydrogen (secondary N) is 2. The molecule has 1 amide bonds. The summed E-state index contributed by atoms with van der Waals surface area (Å²) in [5.41, 5.74) is 3.23. The zero-order valence-electron chi connectivity index (χ0n) is 17.6. The van der Waals surface area contributed by atoms with Crippen LogP contribution in [0.4, 0.5) is 14.5 Å². The first kappa shape index (κ1) is 21.6. The Morgan fingerprint density at radius 3 is 2.73 bits per heavy atom. The zero-order chi connectivity index (χ0) is 22.8. The molecular formula is C24H21F2N5OS. The molecule has 1 saturated heterocycles. The number of hydrogen-bond donors (Lipinski definition) is 2. The Hall–Kier alpha value is -3.27. The maximum Gasteiger partial charge on any atom is 0.255 e. The van der Waals surface area contributed by atoms with Gasteiger partial charge < -0.3 is 10.6 Å². The van der Waals surface area contributed by atoms with Crippen LogP contribution in [0.3, 0.4) is 0 Å². The normalized spacial score (nSPS) is 14.5. The smallest absolute Gasteiger partial charge is 0.255 e. The Bertz CT molecular complexity index is 1320. The van der Waals surface area contributed by atoms with E-state index in [-0.39, 0.29) is 5.56 Å². The molecular weight excluding hydrogens is 444 g/mol. The van der Waals surface area contributed by atoms with Crippen molar-refractivity contribution < 1.29 is 13.6 Å². The average Bonchev–Trinajstić information content (AvgIpc) is 3.25. The molecule has 33 heavy (non-hydrogen) atoms. The molecule has 1 fully saturated rings. The maximum atomic E-state index is 13.5. The number of pyridine rings is 1. The Morgan fingerprint density at radius 2 is 1.91 bits per heavy atom. The van der Waals surface area contributed by atoms with Gasteiger partial charge in [-0.05, 0) is 42.0 Å². The molecule has 3 heterocycles. The number of anilines is 1. The second-order valence-electron chi connectivity index (χ2n) is 7.84. The minimum atomic E-state index is -1.06. The number of fused-ring (bicyclic) bond motifs is 1. The van der Waals surface area contributed by atoms with E-state index in [4.69, 9.17) is 4.98 Å². The molecule has 2 N–H and O–H groups in total. The van der Waals surface area contributed by atoms with E-state index in [1.54, 1.807) is 12.1 Å². The first-order chi connectivity index (χ1) is 16.1. The summed E-state index contributed by atoms with van der Waals surface area (Å²) in [4.78, 5) is 25.2. The Balaban J connectivity index is 1.40.